The first-order valence-corrected chi connectivity index (χ1v) is 5.99. The van der Waals surface area contributed by atoms with E-state index in [1.807, 2.05) is 0 Å². The van der Waals surface area contributed by atoms with E-state index >= 15 is 0 Å². The van der Waals surface area contributed by atoms with Crippen molar-refractivity contribution in [3.05, 3.63) is 29.6 Å². The highest BCUT2D eigenvalue weighted by Crippen LogP contribution is 2.07. The fourth-order valence-electron chi connectivity index (χ4n) is 1.53. The molecule has 0 amide bonds. The predicted molar refractivity (Wildman–Crippen MR) is 66.5 cm³/mol. The molecule has 0 saturated carbocycles. The molecule has 0 aliphatic carbocycles. The maximum absolute atomic E-state index is 11.6. The van der Waals surface area contributed by atoms with Crippen molar-refractivity contribution in [3.8, 4) is 0 Å². The highest BCUT2D eigenvalue weighted by molar-refractivity contribution is 5.87. The standard InChI is InChI=1S/C13H20N2O2/c1-3-4-10(2)9-17-13(16)12-6-5-11(7-14)8-15-12/h5-6,8,10H,3-4,7,9,14H2,1-2H3. The molecule has 1 atom stereocenters. The Balaban J connectivity index is 2.46. The van der Waals surface area contributed by atoms with Crippen LogP contribution in [0.2, 0.25) is 0 Å². The summed E-state index contributed by atoms with van der Waals surface area (Å²) in [5.41, 5.74) is 6.69. The van der Waals surface area contributed by atoms with Crippen molar-refractivity contribution in [2.45, 2.75) is 33.2 Å². The quantitative estimate of drug-likeness (QED) is 0.768. The zero-order chi connectivity index (χ0) is 12.7. The van der Waals surface area contributed by atoms with Crippen LogP contribution in [0.25, 0.3) is 0 Å². The lowest BCUT2D eigenvalue weighted by Crippen LogP contribution is -2.13. The van der Waals surface area contributed by atoms with Gasteiger partial charge in [-0.1, -0.05) is 26.3 Å². The molecule has 1 unspecified atom stereocenters. The maximum Gasteiger partial charge on any atom is 0.356 e. The van der Waals surface area contributed by atoms with Gasteiger partial charge in [-0.05, 0) is 24.0 Å². The minimum absolute atomic E-state index is 0.339. The van der Waals surface area contributed by atoms with Crippen LogP contribution < -0.4 is 5.73 Å². The van der Waals surface area contributed by atoms with Crippen molar-refractivity contribution in [1.29, 1.82) is 0 Å². The Hall–Kier alpha value is -1.42. The molecule has 17 heavy (non-hydrogen) atoms. The number of carbonyl (C=O) groups excluding carboxylic acids is 1. The normalized spacial score (nSPS) is 12.2. The smallest absolute Gasteiger partial charge is 0.356 e. The summed E-state index contributed by atoms with van der Waals surface area (Å²) in [6.45, 7) is 5.07. The van der Waals surface area contributed by atoms with E-state index < -0.39 is 0 Å². The zero-order valence-corrected chi connectivity index (χ0v) is 10.5. The van der Waals surface area contributed by atoms with Crippen molar-refractivity contribution in [3.63, 3.8) is 0 Å². The molecule has 2 N–H and O–H groups in total. The number of hydrogen-bond acceptors (Lipinski definition) is 4. The SMILES string of the molecule is CCCC(C)COC(=O)c1ccc(CN)cn1. The molecule has 4 heteroatoms. The minimum Gasteiger partial charge on any atom is -0.461 e. The van der Waals surface area contributed by atoms with Gasteiger partial charge in [0.2, 0.25) is 0 Å². The Morgan fingerprint density at radius 3 is 2.82 bits per heavy atom. The largest absolute Gasteiger partial charge is 0.461 e. The van der Waals surface area contributed by atoms with Gasteiger partial charge in [0, 0.05) is 12.7 Å². The van der Waals surface area contributed by atoms with E-state index in [9.17, 15) is 4.79 Å². The first kappa shape index (κ1) is 13.6. The molecule has 4 nitrogen and oxygen atoms in total. The van der Waals surface area contributed by atoms with Crippen LogP contribution in [-0.4, -0.2) is 17.6 Å². The lowest BCUT2D eigenvalue weighted by molar-refractivity contribution is 0.0437. The lowest BCUT2D eigenvalue weighted by atomic mass is 10.1. The molecule has 0 aliphatic rings. The molecular weight excluding hydrogens is 216 g/mol. The Bertz CT molecular complexity index is 349. The Kier molecular flexibility index (Phi) is 5.63. The van der Waals surface area contributed by atoms with E-state index in [0.717, 1.165) is 18.4 Å². The predicted octanol–water partition coefficient (Wildman–Crippen LogP) is 2.13. The summed E-state index contributed by atoms with van der Waals surface area (Å²) in [6, 6.07) is 3.44. The van der Waals surface area contributed by atoms with Crippen molar-refractivity contribution in [2.75, 3.05) is 6.61 Å². The highest BCUT2D eigenvalue weighted by Gasteiger charge is 2.10. The number of ether oxygens (including phenoxy) is 1. The van der Waals surface area contributed by atoms with Gasteiger partial charge in [0.25, 0.3) is 0 Å². The lowest BCUT2D eigenvalue weighted by Gasteiger charge is -2.10. The van der Waals surface area contributed by atoms with Crippen molar-refractivity contribution in [1.82, 2.24) is 4.98 Å². The number of carbonyl (C=O) groups is 1. The van der Waals surface area contributed by atoms with Crippen molar-refractivity contribution >= 4 is 5.97 Å². The summed E-state index contributed by atoms with van der Waals surface area (Å²) in [5.74, 6) is 0.0313. The van der Waals surface area contributed by atoms with Gasteiger partial charge < -0.3 is 10.5 Å². The summed E-state index contributed by atoms with van der Waals surface area (Å²) in [5, 5.41) is 0. The van der Waals surface area contributed by atoms with Crippen LogP contribution in [-0.2, 0) is 11.3 Å². The van der Waals surface area contributed by atoms with E-state index in [1.165, 1.54) is 0 Å². The van der Waals surface area contributed by atoms with E-state index in [1.54, 1.807) is 18.3 Å². The monoisotopic (exact) mass is 236 g/mol. The number of rotatable bonds is 6. The average molecular weight is 236 g/mol. The van der Waals surface area contributed by atoms with E-state index in [0.29, 0.717) is 24.8 Å². The first-order valence-electron chi connectivity index (χ1n) is 5.99. The van der Waals surface area contributed by atoms with Crippen molar-refractivity contribution in [2.24, 2.45) is 11.7 Å². The third-order valence-corrected chi connectivity index (χ3v) is 2.55. The second kappa shape index (κ2) is 7.01. The maximum atomic E-state index is 11.6. The fourth-order valence-corrected chi connectivity index (χ4v) is 1.53. The van der Waals surface area contributed by atoms with Gasteiger partial charge in [-0.25, -0.2) is 9.78 Å². The Morgan fingerprint density at radius 1 is 1.53 bits per heavy atom. The number of esters is 1. The number of aromatic nitrogens is 1. The van der Waals surface area contributed by atoms with Crippen LogP contribution in [0.5, 0.6) is 0 Å². The number of pyridine rings is 1. The molecule has 1 heterocycles. The van der Waals surface area contributed by atoms with Gasteiger partial charge in [-0.3, -0.25) is 0 Å². The third-order valence-electron chi connectivity index (χ3n) is 2.55. The van der Waals surface area contributed by atoms with Crippen LogP contribution >= 0.6 is 0 Å². The van der Waals surface area contributed by atoms with Crippen LogP contribution in [0.1, 0.15) is 42.7 Å². The summed E-state index contributed by atoms with van der Waals surface area (Å²) in [7, 11) is 0. The average Bonchev–Trinajstić information content (AvgIpc) is 2.36. The van der Waals surface area contributed by atoms with Gasteiger partial charge >= 0.3 is 5.97 Å². The molecule has 1 aromatic heterocycles. The van der Waals surface area contributed by atoms with E-state index in [2.05, 4.69) is 18.8 Å². The molecule has 1 rings (SSSR count). The summed E-state index contributed by atoms with van der Waals surface area (Å²) < 4.78 is 5.18. The molecule has 94 valence electrons. The third kappa shape index (κ3) is 4.53. The second-order valence-corrected chi connectivity index (χ2v) is 4.25. The molecule has 0 bridgehead atoms. The summed E-state index contributed by atoms with van der Waals surface area (Å²) in [4.78, 5) is 15.7. The molecule has 0 radical (unpaired) electrons. The van der Waals surface area contributed by atoms with Gasteiger partial charge in [-0.2, -0.15) is 0 Å². The van der Waals surface area contributed by atoms with E-state index in [4.69, 9.17) is 10.5 Å². The second-order valence-electron chi connectivity index (χ2n) is 4.25. The fraction of sp³-hybridized carbons (Fsp3) is 0.538. The first-order chi connectivity index (χ1) is 8.17. The minimum atomic E-state index is -0.364. The zero-order valence-electron chi connectivity index (χ0n) is 10.5. The van der Waals surface area contributed by atoms with E-state index in [-0.39, 0.29) is 5.97 Å². The number of nitrogens with zero attached hydrogens (tertiary/aromatic N) is 1. The molecule has 0 aliphatic heterocycles. The van der Waals surface area contributed by atoms with Gasteiger partial charge in [-0.15, -0.1) is 0 Å². The van der Waals surface area contributed by atoms with Gasteiger partial charge in [0.1, 0.15) is 5.69 Å². The van der Waals surface area contributed by atoms with Crippen LogP contribution in [0.4, 0.5) is 0 Å². The molecule has 0 saturated heterocycles. The molecule has 1 aromatic rings. The molecule has 0 aromatic carbocycles. The van der Waals surface area contributed by atoms with Gasteiger partial charge in [0.15, 0.2) is 0 Å². The summed E-state index contributed by atoms with van der Waals surface area (Å²) >= 11 is 0. The molecular formula is C13H20N2O2. The topological polar surface area (TPSA) is 65.2 Å². The molecule has 0 fully saturated rings. The Morgan fingerprint density at radius 2 is 2.29 bits per heavy atom. The summed E-state index contributed by atoms with van der Waals surface area (Å²) in [6.07, 6.45) is 3.76. The van der Waals surface area contributed by atoms with Gasteiger partial charge in [0.05, 0.1) is 6.61 Å². The van der Waals surface area contributed by atoms with Crippen molar-refractivity contribution < 1.29 is 9.53 Å². The van der Waals surface area contributed by atoms with Crippen LogP contribution in [0.3, 0.4) is 0 Å². The van der Waals surface area contributed by atoms with Crippen LogP contribution in [0.15, 0.2) is 18.3 Å². The number of nitrogens with two attached hydrogens (primary N) is 1. The Labute approximate surface area is 102 Å². The molecule has 0 spiro atoms. The highest BCUT2D eigenvalue weighted by atomic mass is 16.5. The number of hydrogen-bond donors (Lipinski definition) is 1. The van der Waals surface area contributed by atoms with Crippen LogP contribution in [0, 0.1) is 5.92 Å².